The smallest absolute Gasteiger partial charge is 0.339 e. The molecule has 1 heterocycles. The first kappa shape index (κ1) is 6.67. The van der Waals surface area contributed by atoms with Gasteiger partial charge in [-0.05, 0) is 6.07 Å². The summed E-state index contributed by atoms with van der Waals surface area (Å²) in [5, 5.41) is 7.01. The molecule has 1 rings (SSSR count). The molecular formula is C6H6N2O2. The number of carbonyl (C=O) groups is 1. The molecule has 0 bridgehead atoms. The number of ether oxygens (including phenoxy) is 1. The van der Waals surface area contributed by atoms with E-state index in [1.54, 1.807) is 6.07 Å². The molecule has 0 radical (unpaired) electrons. The monoisotopic (exact) mass is 138 g/mol. The molecule has 0 aliphatic heterocycles. The molecule has 0 spiro atoms. The van der Waals surface area contributed by atoms with Crippen molar-refractivity contribution in [1.29, 1.82) is 0 Å². The van der Waals surface area contributed by atoms with E-state index in [0.717, 1.165) is 0 Å². The van der Waals surface area contributed by atoms with Crippen LogP contribution in [0.5, 0.6) is 0 Å². The largest absolute Gasteiger partial charge is 0.465 e. The maximum Gasteiger partial charge on any atom is 0.339 e. The highest BCUT2D eigenvalue weighted by molar-refractivity contribution is 5.88. The van der Waals surface area contributed by atoms with E-state index in [9.17, 15) is 4.79 Å². The number of carbonyl (C=O) groups excluding carboxylic acids is 1. The van der Waals surface area contributed by atoms with E-state index in [-0.39, 0.29) is 0 Å². The quantitative estimate of drug-likeness (QED) is 0.522. The third-order valence-electron chi connectivity index (χ3n) is 1.01. The lowest BCUT2D eigenvalue weighted by Crippen LogP contribution is -2.01. The van der Waals surface area contributed by atoms with Gasteiger partial charge in [0.05, 0.1) is 25.1 Å². The summed E-state index contributed by atoms with van der Waals surface area (Å²) in [5.74, 6) is -0.394. The summed E-state index contributed by atoms with van der Waals surface area (Å²) in [6.07, 6.45) is 2.79. The van der Waals surface area contributed by atoms with Gasteiger partial charge in [-0.1, -0.05) is 0 Å². The average molecular weight is 138 g/mol. The average Bonchev–Trinajstić information content (AvgIpc) is 2.05. The number of aromatic nitrogens is 2. The van der Waals surface area contributed by atoms with Crippen LogP contribution < -0.4 is 0 Å². The van der Waals surface area contributed by atoms with Crippen molar-refractivity contribution in [2.45, 2.75) is 0 Å². The second-order valence-corrected chi connectivity index (χ2v) is 1.62. The van der Waals surface area contributed by atoms with Gasteiger partial charge in [-0.25, -0.2) is 4.79 Å². The molecule has 0 aromatic carbocycles. The summed E-state index contributed by atoms with van der Waals surface area (Å²) < 4.78 is 4.43. The molecule has 0 saturated heterocycles. The first-order valence-corrected chi connectivity index (χ1v) is 2.69. The van der Waals surface area contributed by atoms with Crippen molar-refractivity contribution in [3.05, 3.63) is 24.0 Å². The summed E-state index contributed by atoms with van der Waals surface area (Å²) >= 11 is 0. The fourth-order valence-corrected chi connectivity index (χ4v) is 0.529. The molecule has 1 aromatic heterocycles. The third-order valence-corrected chi connectivity index (χ3v) is 1.01. The van der Waals surface area contributed by atoms with Crippen molar-refractivity contribution in [2.75, 3.05) is 7.11 Å². The molecule has 10 heavy (non-hydrogen) atoms. The molecule has 0 aliphatic carbocycles. The number of methoxy groups -OCH3 is 1. The minimum absolute atomic E-state index is 0.394. The summed E-state index contributed by atoms with van der Waals surface area (Å²) in [6.45, 7) is 0. The first-order chi connectivity index (χ1) is 4.84. The highest BCUT2D eigenvalue weighted by Gasteiger charge is 2.02. The van der Waals surface area contributed by atoms with Crippen LogP contribution in [-0.4, -0.2) is 23.3 Å². The number of hydrogen-bond donors (Lipinski definition) is 0. The number of esters is 1. The lowest BCUT2D eigenvalue weighted by Gasteiger charge is -1.94. The molecule has 0 N–H and O–H groups in total. The number of nitrogens with zero attached hydrogens (tertiary/aromatic N) is 2. The van der Waals surface area contributed by atoms with Gasteiger partial charge >= 0.3 is 5.97 Å². The normalized spacial score (nSPS) is 8.90. The zero-order chi connectivity index (χ0) is 7.40. The van der Waals surface area contributed by atoms with Gasteiger partial charge in [-0.15, -0.1) is 0 Å². The van der Waals surface area contributed by atoms with Crippen LogP contribution in [0.25, 0.3) is 0 Å². The maximum atomic E-state index is 10.7. The predicted molar refractivity (Wildman–Crippen MR) is 33.4 cm³/mol. The summed E-state index contributed by atoms with van der Waals surface area (Å²) in [7, 11) is 1.32. The van der Waals surface area contributed by atoms with Gasteiger partial charge in [0.25, 0.3) is 0 Å². The van der Waals surface area contributed by atoms with Gasteiger partial charge in [0.15, 0.2) is 0 Å². The molecular weight excluding hydrogens is 132 g/mol. The van der Waals surface area contributed by atoms with Crippen LogP contribution in [-0.2, 0) is 4.74 Å². The predicted octanol–water partition coefficient (Wildman–Crippen LogP) is 0.263. The zero-order valence-electron chi connectivity index (χ0n) is 5.44. The Bertz CT molecular complexity index is 222. The Labute approximate surface area is 57.8 Å². The Morgan fingerprint density at radius 2 is 2.40 bits per heavy atom. The Morgan fingerprint density at radius 1 is 1.60 bits per heavy atom. The van der Waals surface area contributed by atoms with Crippen LogP contribution in [0.2, 0.25) is 0 Å². The number of hydrogen-bond acceptors (Lipinski definition) is 4. The molecule has 0 amide bonds. The van der Waals surface area contributed by atoms with Gasteiger partial charge in [0.2, 0.25) is 0 Å². The molecule has 0 saturated carbocycles. The Hall–Kier alpha value is -1.45. The molecule has 1 aromatic rings. The van der Waals surface area contributed by atoms with E-state index in [1.807, 2.05) is 0 Å². The minimum atomic E-state index is -0.394. The van der Waals surface area contributed by atoms with Gasteiger partial charge < -0.3 is 4.74 Å². The maximum absolute atomic E-state index is 10.7. The Kier molecular flexibility index (Phi) is 1.94. The van der Waals surface area contributed by atoms with Crippen molar-refractivity contribution in [3.8, 4) is 0 Å². The lowest BCUT2D eigenvalue weighted by atomic mass is 10.3. The highest BCUT2D eigenvalue weighted by atomic mass is 16.5. The minimum Gasteiger partial charge on any atom is -0.465 e. The van der Waals surface area contributed by atoms with E-state index < -0.39 is 5.97 Å². The molecule has 4 nitrogen and oxygen atoms in total. The fraction of sp³-hybridized carbons (Fsp3) is 0.167. The third kappa shape index (κ3) is 1.28. The lowest BCUT2D eigenvalue weighted by molar-refractivity contribution is 0.0600. The SMILES string of the molecule is COC(=O)c1ccnnc1. The van der Waals surface area contributed by atoms with Crippen LogP contribution in [0, 0.1) is 0 Å². The second kappa shape index (κ2) is 2.91. The van der Waals surface area contributed by atoms with Crippen molar-refractivity contribution in [3.63, 3.8) is 0 Å². The van der Waals surface area contributed by atoms with Crippen LogP contribution in [0.3, 0.4) is 0 Å². The van der Waals surface area contributed by atoms with E-state index in [4.69, 9.17) is 0 Å². The van der Waals surface area contributed by atoms with Crippen LogP contribution >= 0.6 is 0 Å². The van der Waals surface area contributed by atoms with Gasteiger partial charge in [-0.3, -0.25) is 0 Å². The first-order valence-electron chi connectivity index (χ1n) is 2.69. The molecule has 0 aliphatic rings. The van der Waals surface area contributed by atoms with E-state index in [1.165, 1.54) is 19.5 Å². The van der Waals surface area contributed by atoms with Crippen LogP contribution in [0.4, 0.5) is 0 Å². The van der Waals surface area contributed by atoms with E-state index in [2.05, 4.69) is 14.9 Å². The highest BCUT2D eigenvalue weighted by Crippen LogP contribution is 1.94. The molecule has 0 fully saturated rings. The Morgan fingerprint density at radius 3 is 2.90 bits per heavy atom. The summed E-state index contributed by atoms with van der Waals surface area (Å²) in [5.41, 5.74) is 0.414. The molecule has 0 unspecified atom stereocenters. The van der Waals surface area contributed by atoms with Crippen LogP contribution in [0.15, 0.2) is 18.5 Å². The topological polar surface area (TPSA) is 52.1 Å². The van der Waals surface area contributed by atoms with Gasteiger partial charge in [-0.2, -0.15) is 10.2 Å². The van der Waals surface area contributed by atoms with Crippen LogP contribution in [0.1, 0.15) is 10.4 Å². The summed E-state index contributed by atoms with van der Waals surface area (Å²) in [4.78, 5) is 10.7. The second-order valence-electron chi connectivity index (χ2n) is 1.62. The van der Waals surface area contributed by atoms with E-state index in [0.29, 0.717) is 5.56 Å². The summed E-state index contributed by atoms with van der Waals surface area (Å²) in [6, 6.07) is 1.54. The van der Waals surface area contributed by atoms with Crippen molar-refractivity contribution < 1.29 is 9.53 Å². The molecule has 52 valence electrons. The van der Waals surface area contributed by atoms with E-state index >= 15 is 0 Å². The van der Waals surface area contributed by atoms with Gasteiger partial charge in [0.1, 0.15) is 0 Å². The van der Waals surface area contributed by atoms with Crippen molar-refractivity contribution >= 4 is 5.97 Å². The molecule has 4 heteroatoms. The van der Waals surface area contributed by atoms with Crippen molar-refractivity contribution in [2.24, 2.45) is 0 Å². The molecule has 0 atom stereocenters. The Balaban J connectivity index is 2.85. The van der Waals surface area contributed by atoms with Crippen molar-refractivity contribution in [1.82, 2.24) is 10.2 Å². The zero-order valence-corrected chi connectivity index (χ0v) is 5.44. The van der Waals surface area contributed by atoms with Gasteiger partial charge in [0, 0.05) is 0 Å². The standard InChI is InChI=1S/C6H6N2O2/c1-10-6(9)5-2-3-7-8-4-5/h2-4H,1H3. The number of rotatable bonds is 1. The fourth-order valence-electron chi connectivity index (χ4n) is 0.529.